The molecule has 5 rings (SSSR count). The fourth-order valence-corrected chi connectivity index (χ4v) is 13.2. The number of aryl methyl sites for hydroxylation is 2. The zero-order chi connectivity index (χ0) is 101. The van der Waals surface area contributed by atoms with E-state index in [1.165, 1.54) is 47.8 Å². The van der Waals surface area contributed by atoms with Crippen molar-refractivity contribution in [3.05, 3.63) is 167 Å². The molecule has 5 aromatic carbocycles. The molecule has 0 saturated heterocycles. The van der Waals surface area contributed by atoms with Crippen LogP contribution < -0.4 is 0 Å². The van der Waals surface area contributed by atoms with Crippen LogP contribution in [0, 0.1) is 57.7 Å². The molecule has 0 radical (unpaired) electrons. The van der Waals surface area contributed by atoms with Gasteiger partial charge in [0.2, 0.25) is 0 Å². The van der Waals surface area contributed by atoms with Crippen molar-refractivity contribution in [3.63, 3.8) is 0 Å². The van der Waals surface area contributed by atoms with Crippen LogP contribution in [0.5, 0.6) is 0 Å². The van der Waals surface area contributed by atoms with Crippen LogP contribution in [0.1, 0.15) is 204 Å². The van der Waals surface area contributed by atoms with Crippen molar-refractivity contribution in [1.29, 1.82) is 0 Å². The smallest absolute Gasteiger partial charge is 0.312 e. The van der Waals surface area contributed by atoms with Gasteiger partial charge >= 0.3 is 47.8 Å². The highest BCUT2D eigenvalue weighted by Gasteiger charge is 2.45. The minimum atomic E-state index is -4.27. The van der Waals surface area contributed by atoms with Crippen molar-refractivity contribution in [3.8, 4) is 0 Å². The Labute approximate surface area is 795 Å². The molecule has 0 aliphatic rings. The number of carbonyl (C=O) groups excluding carboxylic acids is 8. The summed E-state index contributed by atoms with van der Waals surface area (Å²) in [5.41, 5.74) is -0.139. The minimum Gasteiger partial charge on any atom is -0.744 e. The van der Waals surface area contributed by atoms with Crippen LogP contribution in [0.3, 0.4) is 0 Å². The predicted molar refractivity (Wildman–Crippen MR) is 508 cm³/mol. The number of likely N-dealkylation sites (N-methyl/N-ethyl adjacent to an activating group) is 2. The molecule has 5 atom stereocenters. The molecule has 0 fully saturated rings. The van der Waals surface area contributed by atoms with Gasteiger partial charge in [-0.2, -0.15) is 0 Å². The maximum Gasteiger partial charge on any atom is 0.312 e. The third-order valence-electron chi connectivity index (χ3n) is 20.7. The maximum absolute atomic E-state index is 12.7. The molecule has 34 heteroatoms. The summed E-state index contributed by atoms with van der Waals surface area (Å²) in [4.78, 5) is 118. The summed E-state index contributed by atoms with van der Waals surface area (Å²) in [5.74, 6) is -1.07. The standard InChI is InChI=1S/2C22H36NO4.C22H34O7S.C18H34O7S.2C7H8O3S/c2*1-8-22(4,20(25)27-16-18-12-10-9-11-13-18)17-21(2,3)19(24)26-15-14-23(5,6)7;1-6-21(2,3)19(24)27-13-18(23)14-28-29-16-30-15-22(4,5)20(25)26-12-17-10-8-7-9-11-17;1-6-8-9-22-16(20)14(3)12-26-13-25-24-11-15(19)10-23-17(21)18(4,5)7-2;2*1-6-2-4-7(5-3-6)11(8,9)10/h2*9-13H,8,14-17H2,1-7H3;7-11,18,23H,6,12-16H2,1-5H3;14-15,19H,6-13H2,1-5H3;2*2-5H,1H3,(H,8,9,10)/q2*+1;;;;/p-2. The highest BCUT2D eigenvalue weighted by Crippen LogP contribution is 2.41. The summed E-state index contributed by atoms with van der Waals surface area (Å²) in [5, 5.41) is 19.5. The summed E-state index contributed by atoms with van der Waals surface area (Å²) in [6.07, 6.45) is 3.19. The van der Waals surface area contributed by atoms with Crippen LogP contribution in [0.4, 0.5) is 0 Å². The zero-order valence-corrected chi connectivity index (χ0v) is 86.3. The molecule has 0 heterocycles. The molecular formula is C98H154N2O28S4. The van der Waals surface area contributed by atoms with Gasteiger partial charge in [-0.3, -0.25) is 38.4 Å². The second-order valence-corrected chi connectivity index (χ2v) is 42.7. The molecular weight excluding hydrogens is 1780 g/mol. The Kier molecular flexibility index (Phi) is 57.5. The third kappa shape index (κ3) is 54.6. The Bertz CT molecular complexity index is 4200. The first kappa shape index (κ1) is 124. The summed E-state index contributed by atoms with van der Waals surface area (Å²) >= 11 is 2.76. The number of aliphatic hydroxyl groups is 2. The molecule has 0 amide bonds. The first-order chi connectivity index (χ1) is 61.1. The number of aliphatic hydroxyl groups excluding tert-OH is 2. The summed E-state index contributed by atoms with van der Waals surface area (Å²) in [6, 6.07) is 40.3. The minimum absolute atomic E-state index is 0.102. The quantitative estimate of drug-likeness (QED) is 0.00533. The molecule has 5 aromatic rings. The Morgan fingerprint density at radius 2 is 0.689 bits per heavy atom. The van der Waals surface area contributed by atoms with Gasteiger partial charge in [0.25, 0.3) is 0 Å². The Morgan fingerprint density at radius 1 is 0.379 bits per heavy atom. The number of benzene rings is 5. The molecule has 0 aliphatic heterocycles. The van der Waals surface area contributed by atoms with Crippen LogP contribution in [-0.4, -0.2) is 230 Å². The van der Waals surface area contributed by atoms with Crippen molar-refractivity contribution in [2.75, 3.05) is 125 Å². The topological polar surface area (TPSA) is 402 Å². The first-order valence-corrected chi connectivity index (χ1v) is 49.4. The van der Waals surface area contributed by atoms with E-state index >= 15 is 0 Å². The average Bonchev–Trinajstić information content (AvgIpc) is 0.815. The fourth-order valence-electron chi connectivity index (χ4n) is 10.7. The molecule has 30 nitrogen and oxygen atoms in total. The van der Waals surface area contributed by atoms with Crippen molar-refractivity contribution < 1.29 is 141 Å². The SMILES string of the molecule is CCC(C)(C)C(=O)OCC(O)COOCSCC(C)(C)C(=O)OCc1ccccc1.CCC(C)(CC(C)(C)C(=O)OCC[N+](C)(C)C)C(=O)OCc1ccccc1.CCC(C)(CC(C)(C)C(=O)OCC[N+](C)(C)C)C(=O)OCc1ccccc1.CCCCOC(=O)C(C)CSCOOCC(O)COC(=O)C(C)(C)CC.Cc1ccc(S(=O)(=O)[O-])cc1.Cc1ccc(S(=O)(=O)[O-])cc1. The molecule has 0 aromatic heterocycles. The molecule has 748 valence electrons. The van der Waals surface area contributed by atoms with Gasteiger partial charge in [-0.15, -0.1) is 23.5 Å². The molecule has 132 heavy (non-hydrogen) atoms. The van der Waals surface area contributed by atoms with Gasteiger partial charge in [0.1, 0.15) is 117 Å². The van der Waals surface area contributed by atoms with Crippen molar-refractivity contribution in [2.24, 2.45) is 43.8 Å². The van der Waals surface area contributed by atoms with E-state index in [1.54, 1.807) is 58.9 Å². The van der Waals surface area contributed by atoms with Crippen LogP contribution in [0.2, 0.25) is 0 Å². The number of esters is 8. The Morgan fingerprint density at radius 3 is 0.992 bits per heavy atom. The molecule has 0 aliphatic carbocycles. The van der Waals surface area contributed by atoms with Crippen molar-refractivity contribution >= 4 is 91.5 Å². The Hall–Kier alpha value is -7.94. The number of unbranched alkanes of at least 4 members (excludes halogenated alkanes) is 1. The summed E-state index contributed by atoms with van der Waals surface area (Å²) in [6.45, 7) is 39.9. The lowest BCUT2D eigenvalue weighted by Crippen LogP contribution is -2.41. The number of hydrogen-bond donors (Lipinski definition) is 2. The number of hydrogen-bond acceptors (Lipinski definition) is 30. The molecule has 0 saturated carbocycles. The zero-order valence-electron chi connectivity index (χ0n) is 83.0. The van der Waals surface area contributed by atoms with Gasteiger partial charge in [-0.05, 0) is 183 Å². The van der Waals surface area contributed by atoms with E-state index in [2.05, 4.69) is 42.3 Å². The van der Waals surface area contributed by atoms with Crippen LogP contribution in [0.15, 0.2) is 149 Å². The maximum atomic E-state index is 12.7. The monoisotopic (exact) mass is 1930 g/mol. The van der Waals surface area contributed by atoms with E-state index in [4.69, 9.17) is 57.4 Å². The largest absolute Gasteiger partial charge is 0.744 e. The van der Waals surface area contributed by atoms with Gasteiger partial charge < -0.3 is 66.2 Å². The number of ether oxygens (including phenoxy) is 8. The molecule has 5 unspecified atom stereocenters. The van der Waals surface area contributed by atoms with E-state index < -0.39 is 70.3 Å². The van der Waals surface area contributed by atoms with Gasteiger partial charge in [-0.1, -0.05) is 174 Å². The summed E-state index contributed by atoms with van der Waals surface area (Å²) in [7, 11) is 3.77. The number of nitrogens with zero attached hydrogens (tertiary/aromatic N) is 2. The highest BCUT2D eigenvalue weighted by atomic mass is 32.2. The normalized spacial score (nSPS) is 13.5. The molecule has 0 spiro atoms. The number of quaternary nitrogens is 2. The number of thioether (sulfide) groups is 2. The highest BCUT2D eigenvalue weighted by molar-refractivity contribution is 7.99. The van der Waals surface area contributed by atoms with E-state index in [0.717, 1.165) is 62.7 Å². The summed E-state index contributed by atoms with van der Waals surface area (Å²) < 4.78 is 106. The van der Waals surface area contributed by atoms with Crippen molar-refractivity contribution in [2.45, 2.75) is 232 Å². The van der Waals surface area contributed by atoms with Crippen LogP contribution >= 0.6 is 23.5 Å². The fraction of sp³-hybridized carbons (Fsp3) is 0.612. The van der Waals surface area contributed by atoms with Gasteiger partial charge in [0.05, 0.1) is 103 Å². The number of rotatable bonds is 51. The van der Waals surface area contributed by atoms with E-state index in [9.17, 15) is 74.5 Å². The lowest BCUT2D eigenvalue weighted by atomic mass is 9.72. The second-order valence-electron chi connectivity index (χ2n) is 38.0. The van der Waals surface area contributed by atoms with Gasteiger partial charge in [-0.25, -0.2) is 36.4 Å². The Balaban J connectivity index is 0.00000161. The van der Waals surface area contributed by atoms with Gasteiger partial charge in [0, 0.05) is 11.5 Å². The van der Waals surface area contributed by atoms with E-state index in [-0.39, 0.29) is 122 Å². The lowest BCUT2D eigenvalue weighted by Gasteiger charge is -2.34. The second kappa shape index (κ2) is 61.2. The average molecular weight is 1940 g/mol. The third-order valence-corrected chi connectivity index (χ3v) is 24.6. The van der Waals surface area contributed by atoms with Gasteiger partial charge in [0.15, 0.2) is 0 Å². The molecule has 2 N–H and O–H groups in total. The number of carbonyl (C=O) groups is 8. The van der Waals surface area contributed by atoms with Crippen LogP contribution in [-0.2, 0) is 136 Å². The first-order valence-electron chi connectivity index (χ1n) is 44.3. The van der Waals surface area contributed by atoms with Crippen LogP contribution in [0.25, 0.3) is 0 Å². The van der Waals surface area contributed by atoms with Crippen molar-refractivity contribution in [1.82, 2.24) is 0 Å². The molecule has 0 bridgehead atoms. The van der Waals surface area contributed by atoms with E-state index in [1.807, 2.05) is 195 Å². The predicted octanol–water partition coefficient (Wildman–Crippen LogP) is 16.1. The lowest BCUT2D eigenvalue weighted by molar-refractivity contribution is -0.870. The van der Waals surface area contributed by atoms with E-state index in [0.29, 0.717) is 69.9 Å².